The van der Waals surface area contributed by atoms with Gasteiger partial charge < -0.3 is 15.2 Å². The molecule has 0 spiro atoms. The fourth-order valence-corrected chi connectivity index (χ4v) is 2.63. The highest BCUT2D eigenvalue weighted by Gasteiger charge is 2.22. The summed E-state index contributed by atoms with van der Waals surface area (Å²) in [7, 11) is 0. The normalized spacial score (nSPS) is 13.5. The number of ether oxygens (including phenoxy) is 2. The molecule has 1 aliphatic heterocycles. The molecule has 0 bridgehead atoms. The minimum absolute atomic E-state index is 0.0504. The molecule has 1 aromatic heterocycles. The van der Waals surface area contributed by atoms with Crippen molar-refractivity contribution in [1.29, 1.82) is 5.26 Å². The first-order valence-corrected chi connectivity index (χ1v) is 6.94. The van der Waals surface area contributed by atoms with Crippen LogP contribution in [0, 0.1) is 11.3 Å². The van der Waals surface area contributed by atoms with Gasteiger partial charge >= 0.3 is 6.61 Å². The van der Waals surface area contributed by atoms with E-state index in [1.807, 2.05) is 0 Å². The zero-order valence-electron chi connectivity index (χ0n) is 12.1. The molecule has 23 heavy (non-hydrogen) atoms. The molecule has 0 aliphatic carbocycles. The number of fused-ring (bicyclic) bond motifs is 1. The predicted molar refractivity (Wildman–Crippen MR) is 78.8 cm³/mol. The molecule has 0 fully saturated rings. The number of rotatable bonds is 3. The number of benzene rings is 1. The molecule has 1 aromatic carbocycles. The molecule has 0 amide bonds. The summed E-state index contributed by atoms with van der Waals surface area (Å²) in [4.78, 5) is 4.28. The zero-order chi connectivity index (χ0) is 16.4. The number of nitrogens with zero attached hydrogens (tertiary/aromatic N) is 2. The number of aromatic nitrogens is 1. The third kappa shape index (κ3) is 2.94. The van der Waals surface area contributed by atoms with E-state index in [9.17, 15) is 14.0 Å². The highest BCUT2D eigenvalue weighted by molar-refractivity contribution is 5.79. The molecule has 118 valence electrons. The molecular weight excluding hydrogens is 304 g/mol. The summed E-state index contributed by atoms with van der Waals surface area (Å²) in [5.41, 5.74) is 9.08. The Kier molecular flexibility index (Phi) is 4.08. The van der Waals surface area contributed by atoms with Gasteiger partial charge in [-0.3, -0.25) is 0 Å². The Labute approximate surface area is 131 Å². The van der Waals surface area contributed by atoms with Crippen LogP contribution >= 0.6 is 0 Å². The lowest BCUT2D eigenvalue weighted by Gasteiger charge is -2.21. The van der Waals surface area contributed by atoms with Crippen molar-refractivity contribution < 1.29 is 18.3 Å². The maximum absolute atomic E-state index is 12.2. The fraction of sp³-hybridized carbons (Fsp3) is 0.250. The lowest BCUT2D eigenvalue weighted by atomic mass is 9.93. The second kappa shape index (κ2) is 6.18. The summed E-state index contributed by atoms with van der Waals surface area (Å²) >= 11 is 0. The van der Waals surface area contributed by atoms with Crippen LogP contribution in [0.5, 0.6) is 5.75 Å². The van der Waals surface area contributed by atoms with Crippen molar-refractivity contribution in [3.63, 3.8) is 0 Å². The number of hydrogen-bond donors (Lipinski definition) is 1. The lowest BCUT2D eigenvalue weighted by molar-refractivity contribution is -0.0498. The average molecular weight is 317 g/mol. The van der Waals surface area contributed by atoms with Gasteiger partial charge in [0.05, 0.1) is 18.9 Å². The van der Waals surface area contributed by atoms with Gasteiger partial charge in [-0.15, -0.1) is 0 Å². The van der Waals surface area contributed by atoms with Crippen LogP contribution in [0.2, 0.25) is 0 Å². The number of hydrogen-bond acceptors (Lipinski definition) is 5. The smallest absolute Gasteiger partial charge is 0.387 e. The van der Waals surface area contributed by atoms with Gasteiger partial charge in [0.1, 0.15) is 23.2 Å². The van der Waals surface area contributed by atoms with E-state index in [1.165, 1.54) is 12.1 Å². The summed E-state index contributed by atoms with van der Waals surface area (Å²) in [6.07, 6.45) is 0.616. The van der Waals surface area contributed by atoms with E-state index in [-0.39, 0.29) is 17.1 Å². The van der Waals surface area contributed by atoms with Crippen LogP contribution in [-0.4, -0.2) is 18.2 Å². The van der Waals surface area contributed by atoms with Crippen LogP contribution in [0.4, 0.5) is 14.6 Å². The Hall–Kier alpha value is -2.72. The predicted octanol–water partition coefficient (Wildman–Crippen LogP) is 2.88. The van der Waals surface area contributed by atoms with Crippen LogP contribution < -0.4 is 10.5 Å². The van der Waals surface area contributed by atoms with E-state index in [1.54, 1.807) is 12.1 Å². The summed E-state index contributed by atoms with van der Waals surface area (Å²) in [6, 6.07) is 8.14. The van der Waals surface area contributed by atoms with Crippen molar-refractivity contribution in [3.8, 4) is 22.9 Å². The molecule has 2 aromatic rings. The molecule has 0 saturated heterocycles. The Morgan fingerprint density at radius 2 is 2.04 bits per heavy atom. The second-order valence-corrected chi connectivity index (χ2v) is 4.99. The molecule has 0 saturated carbocycles. The molecule has 2 heterocycles. The van der Waals surface area contributed by atoms with E-state index < -0.39 is 6.61 Å². The monoisotopic (exact) mass is 317 g/mol. The Morgan fingerprint density at radius 3 is 2.70 bits per heavy atom. The molecule has 3 rings (SSSR count). The molecular formula is C16H13F2N3O2. The third-order valence-electron chi connectivity index (χ3n) is 3.62. The summed E-state index contributed by atoms with van der Waals surface area (Å²) in [5, 5.41) is 9.40. The maximum Gasteiger partial charge on any atom is 0.387 e. The van der Waals surface area contributed by atoms with Crippen LogP contribution in [0.15, 0.2) is 24.3 Å². The van der Waals surface area contributed by atoms with Gasteiger partial charge in [-0.05, 0) is 17.7 Å². The molecule has 2 N–H and O–H groups in total. The Balaban J connectivity index is 2.11. The number of alkyl halides is 2. The zero-order valence-corrected chi connectivity index (χ0v) is 12.1. The van der Waals surface area contributed by atoms with Gasteiger partial charge in [0.15, 0.2) is 0 Å². The topological polar surface area (TPSA) is 81.2 Å². The molecule has 0 radical (unpaired) electrons. The average Bonchev–Trinajstić information content (AvgIpc) is 2.54. The standard InChI is InChI=1S/C16H13F2N3O2/c17-16(18)23-10-3-1-9(2-4-10)14-11(7-19)15(20)21-13-5-6-22-8-12(13)14/h1-4,16H,5-6,8H2,(H2,20,21). The molecule has 5 nitrogen and oxygen atoms in total. The molecule has 1 aliphatic rings. The van der Waals surface area contributed by atoms with Crippen molar-refractivity contribution >= 4 is 5.82 Å². The quantitative estimate of drug-likeness (QED) is 0.941. The maximum atomic E-state index is 12.2. The number of anilines is 1. The van der Waals surface area contributed by atoms with Gasteiger partial charge in [-0.2, -0.15) is 14.0 Å². The first-order chi connectivity index (χ1) is 11.1. The number of nitrogen functional groups attached to an aromatic ring is 1. The van der Waals surface area contributed by atoms with Crippen molar-refractivity contribution in [3.05, 3.63) is 41.1 Å². The van der Waals surface area contributed by atoms with Gasteiger partial charge in [0, 0.05) is 17.5 Å². The SMILES string of the molecule is N#Cc1c(N)nc2c(c1-c1ccc(OC(F)F)cc1)COCC2. The van der Waals surface area contributed by atoms with Crippen molar-refractivity contribution in [2.45, 2.75) is 19.6 Å². The number of nitriles is 1. The van der Waals surface area contributed by atoms with E-state index in [2.05, 4.69) is 15.8 Å². The Bertz CT molecular complexity index is 770. The van der Waals surface area contributed by atoms with Gasteiger partial charge in [0.25, 0.3) is 0 Å². The molecule has 0 atom stereocenters. The van der Waals surface area contributed by atoms with Gasteiger partial charge in [-0.1, -0.05) is 12.1 Å². The first kappa shape index (κ1) is 15.2. The van der Waals surface area contributed by atoms with Crippen molar-refractivity contribution in [2.75, 3.05) is 12.3 Å². The summed E-state index contributed by atoms with van der Waals surface area (Å²) in [5.74, 6) is 0.213. The van der Waals surface area contributed by atoms with Crippen LogP contribution in [0.1, 0.15) is 16.8 Å². The molecule has 0 unspecified atom stereocenters. The summed E-state index contributed by atoms with van der Waals surface area (Å²) < 4.78 is 34.3. The number of pyridine rings is 1. The Morgan fingerprint density at radius 1 is 1.30 bits per heavy atom. The van der Waals surface area contributed by atoms with Crippen molar-refractivity contribution in [1.82, 2.24) is 4.98 Å². The highest BCUT2D eigenvalue weighted by Crippen LogP contribution is 2.35. The van der Waals surface area contributed by atoms with Crippen LogP contribution in [0.25, 0.3) is 11.1 Å². The van der Waals surface area contributed by atoms with E-state index in [4.69, 9.17) is 10.5 Å². The number of nitrogens with two attached hydrogens (primary N) is 1. The number of halogens is 2. The van der Waals surface area contributed by atoms with E-state index in [0.717, 1.165) is 11.3 Å². The van der Waals surface area contributed by atoms with E-state index >= 15 is 0 Å². The fourth-order valence-electron chi connectivity index (χ4n) is 2.63. The summed E-state index contributed by atoms with van der Waals surface area (Å²) in [6.45, 7) is -2.00. The van der Waals surface area contributed by atoms with E-state index in [0.29, 0.717) is 30.8 Å². The highest BCUT2D eigenvalue weighted by atomic mass is 19.3. The minimum atomic E-state index is -2.88. The lowest BCUT2D eigenvalue weighted by Crippen LogP contribution is -2.16. The van der Waals surface area contributed by atoms with Gasteiger partial charge in [-0.25, -0.2) is 4.98 Å². The van der Waals surface area contributed by atoms with Crippen molar-refractivity contribution in [2.24, 2.45) is 0 Å². The van der Waals surface area contributed by atoms with Crippen LogP contribution in [0.3, 0.4) is 0 Å². The first-order valence-electron chi connectivity index (χ1n) is 6.94. The third-order valence-corrected chi connectivity index (χ3v) is 3.62. The van der Waals surface area contributed by atoms with Crippen LogP contribution in [-0.2, 0) is 17.8 Å². The molecule has 7 heteroatoms. The second-order valence-electron chi connectivity index (χ2n) is 4.99. The largest absolute Gasteiger partial charge is 0.435 e. The van der Waals surface area contributed by atoms with Gasteiger partial charge in [0.2, 0.25) is 0 Å². The minimum Gasteiger partial charge on any atom is -0.435 e.